The largest absolute Gasteiger partial charge is 0.416 e. The number of aliphatic hydroxyl groups is 1. The van der Waals surface area contributed by atoms with E-state index in [0.717, 1.165) is 12.1 Å². The molecule has 88 valence electrons. The van der Waals surface area contributed by atoms with Crippen molar-refractivity contribution in [2.45, 2.75) is 30.7 Å². The van der Waals surface area contributed by atoms with E-state index in [1.54, 1.807) is 6.07 Å². The molecule has 1 aliphatic carbocycles. The number of benzene rings is 1. The Morgan fingerprint density at radius 1 is 1.31 bits per heavy atom. The smallest absolute Gasteiger partial charge is 0.393 e. The van der Waals surface area contributed by atoms with Gasteiger partial charge in [-0.15, -0.1) is 0 Å². The molecule has 3 N–H and O–H groups in total. The number of nitrogens with two attached hydrogens (primary N) is 1. The van der Waals surface area contributed by atoms with Crippen LogP contribution in [-0.4, -0.2) is 11.2 Å². The van der Waals surface area contributed by atoms with Gasteiger partial charge in [-0.1, -0.05) is 12.1 Å². The lowest BCUT2D eigenvalue weighted by Crippen LogP contribution is -2.51. The van der Waals surface area contributed by atoms with Gasteiger partial charge < -0.3 is 10.8 Å². The molecule has 2 nitrogen and oxygen atoms in total. The van der Waals surface area contributed by atoms with Crippen LogP contribution in [0.5, 0.6) is 0 Å². The normalized spacial score (nSPS) is 29.9. The number of hydrogen-bond acceptors (Lipinski definition) is 2. The van der Waals surface area contributed by atoms with E-state index in [0.29, 0.717) is 18.4 Å². The molecule has 0 radical (unpaired) electrons. The summed E-state index contributed by atoms with van der Waals surface area (Å²) in [5.74, 6) is 0. The summed E-state index contributed by atoms with van der Waals surface area (Å²) in [6, 6.07) is 4.99. The molecular weight excluding hydrogens is 219 g/mol. The second-order valence-electron chi connectivity index (χ2n) is 4.30. The maximum Gasteiger partial charge on any atom is 0.416 e. The minimum absolute atomic E-state index is 0.314. The highest BCUT2D eigenvalue weighted by atomic mass is 19.4. The van der Waals surface area contributed by atoms with Gasteiger partial charge in [0.05, 0.1) is 11.7 Å². The fourth-order valence-corrected chi connectivity index (χ4v) is 2.02. The molecule has 1 aromatic carbocycles. The Morgan fingerprint density at radius 2 is 1.94 bits per heavy atom. The van der Waals surface area contributed by atoms with E-state index < -0.39 is 23.4 Å². The van der Waals surface area contributed by atoms with Crippen molar-refractivity contribution in [1.29, 1.82) is 0 Å². The fraction of sp³-hybridized carbons (Fsp3) is 0.455. The molecular formula is C11H12F3NO. The zero-order chi connectivity index (χ0) is 12.0. The Labute approximate surface area is 90.9 Å². The Hall–Kier alpha value is -1.07. The third kappa shape index (κ3) is 1.92. The highest BCUT2D eigenvalue weighted by Gasteiger charge is 2.42. The van der Waals surface area contributed by atoms with Crippen LogP contribution in [0, 0.1) is 0 Å². The molecule has 0 atom stereocenters. The lowest BCUT2D eigenvalue weighted by molar-refractivity contribution is -0.137. The molecule has 0 amide bonds. The summed E-state index contributed by atoms with van der Waals surface area (Å²) in [4.78, 5) is 0. The lowest BCUT2D eigenvalue weighted by Gasteiger charge is -2.42. The number of hydrogen-bond donors (Lipinski definition) is 2. The third-order valence-corrected chi connectivity index (χ3v) is 2.96. The minimum Gasteiger partial charge on any atom is -0.393 e. The second kappa shape index (κ2) is 3.46. The monoisotopic (exact) mass is 231 g/mol. The Balaban J connectivity index is 2.30. The van der Waals surface area contributed by atoms with Crippen LogP contribution < -0.4 is 5.73 Å². The van der Waals surface area contributed by atoms with E-state index in [2.05, 4.69) is 0 Å². The number of aliphatic hydroxyl groups excluding tert-OH is 1. The first kappa shape index (κ1) is 11.4. The van der Waals surface area contributed by atoms with Crippen LogP contribution in [0.15, 0.2) is 24.3 Å². The lowest BCUT2D eigenvalue weighted by atomic mass is 9.70. The van der Waals surface area contributed by atoms with E-state index in [-0.39, 0.29) is 0 Å². The zero-order valence-corrected chi connectivity index (χ0v) is 8.46. The highest BCUT2D eigenvalue weighted by molar-refractivity contribution is 5.33. The van der Waals surface area contributed by atoms with Gasteiger partial charge in [-0.3, -0.25) is 0 Å². The van der Waals surface area contributed by atoms with Crippen molar-refractivity contribution in [3.63, 3.8) is 0 Å². The van der Waals surface area contributed by atoms with Gasteiger partial charge >= 0.3 is 6.18 Å². The summed E-state index contributed by atoms with van der Waals surface area (Å²) >= 11 is 0. The van der Waals surface area contributed by atoms with Gasteiger partial charge in [0, 0.05) is 5.54 Å². The maximum absolute atomic E-state index is 12.5. The summed E-state index contributed by atoms with van der Waals surface area (Å²) in [5, 5.41) is 9.17. The summed E-state index contributed by atoms with van der Waals surface area (Å²) in [7, 11) is 0. The maximum atomic E-state index is 12.5. The Morgan fingerprint density at radius 3 is 2.44 bits per heavy atom. The predicted molar refractivity (Wildman–Crippen MR) is 52.6 cm³/mol. The molecule has 0 heterocycles. The molecule has 1 fully saturated rings. The SMILES string of the molecule is NC1(c2cccc(C(F)(F)F)c2)CC(O)C1. The zero-order valence-electron chi connectivity index (χ0n) is 8.46. The average Bonchev–Trinajstić information content (AvgIpc) is 2.14. The molecule has 1 aliphatic rings. The van der Waals surface area contributed by atoms with Gasteiger partial charge in [-0.05, 0) is 30.5 Å². The minimum atomic E-state index is -4.35. The van der Waals surface area contributed by atoms with E-state index in [9.17, 15) is 18.3 Å². The standard InChI is InChI=1S/C11H12F3NO/c12-11(13,14)8-3-1-2-7(4-8)10(15)5-9(16)6-10/h1-4,9,16H,5-6,15H2. The van der Waals surface area contributed by atoms with Gasteiger partial charge in [-0.2, -0.15) is 13.2 Å². The van der Waals surface area contributed by atoms with Gasteiger partial charge in [0.2, 0.25) is 0 Å². The first-order chi connectivity index (χ1) is 7.31. The highest BCUT2D eigenvalue weighted by Crippen LogP contribution is 2.40. The molecule has 0 spiro atoms. The van der Waals surface area contributed by atoms with Crippen molar-refractivity contribution >= 4 is 0 Å². The Kier molecular flexibility index (Phi) is 2.47. The van der Waals surface area contributed by atoms with Gasteiger partial charge in [0.15, 0.2) is 0 Å². The molecule has 1 aromatic rings. The first-order valence-corrected chi connectivity index (χ1v) is 4.96. The predicted octanol–water partition coefficient (Wildman–Crippen LogP) is 2.01. The summed E-state index contributed by atoms with van der Waals surface area (Å²) < 4.78 is 37.4. The number of rotatable bonds is 1. The molecule has 0 aliphatic heterocycles. The van der Waals surface area contributed by atoms with E-state index in [4.69, 9.17) is 5.73 Å². The van der Waals surface area contributed by atoms with E-state index in [1.807, 2.05) is 0 Å². The first-order valence-electron chi connectivity index (χ1n) is 4.96. The molecule has 5 heteroatoms. The average molecular weight is 231 g/mol. The number of alkyl halides is 3. The molecule has 0 aromatic heterocycles. The summed E-state index contributed by atoms with van der Waals surface area (Å²) in [6.45, 7) is 0. The van der Waals surface area contributed by atoms with Crippen LogP contribution in [-0.2, 0) is 11.7 Å². The van der Waals surface area contributed by atoms with Gasteiger partial charge in [-0.25, -0.2) is 0 Å². The van der Waals surface area contributed by atoms with Crippen molar-refractivity contribution in [2.24, 2.45) is 5.73 Å². The molecule has 1 saturated carbocycles. The summed E-state index contributed by atoms with van der Waals surface area (Å²) in [5.41, 5.74) is 4.83. The van der Waals surface area contributed by atoms with E-state index in [1.165, 1.54) is 6.07 Å². The topological polar surface area (TPSA) is 46.2 Å². The van der Waals surface area contributed by atoms with Crippen LogP contribution in [0.2, 0.25) is 0 Å². The summed E-state index contributed by atoms with van der Waals surface area (Å²) in [6.07, 6.45) is -4.23. The van der Waals surface area contributed by atoms with Crippen molar-refractivity contribution in [2.75, 3.05) is 0 Å². The van der Waals surface area contributed by atoms with Crippen LogP contribution in [0.4, 0.5) is 13.2 Å². The quantitative estimate of drug-likeness (QED) is 0.776. The van der Waals surface area contributed by atoms with Crippen LogP contribution in [0.25, 0.3) is 0 Å². The van der Waals surface area contributed by atoms with Crippen molar-refractivity contribution in [1.82, 2.24) is 0 Å². The van der Waals surface area contributed by atoms with Crippen LogP contribution in [0.3, 0.4) is 0 Å². The van der Waals surface area contributed by atoms with E-state index >= 15 is 0 Å². The fourth-order valence-electron chi connectivity index (χ4n) is 2.02. The molecule has 0 bridgehead atoms. The van der Waals surface area contributed by atoms with Crippen molar-refractivity contribution in [3.8, 4) is 0 Å². The second-order valence-corrected chi connectivity index (χ2v) is 4.30. The number of halogens is 3. The van der Waals surface area contributed by atoms with Gasteiger partial charge in [0.1, 0.15) is 0 Å². The van der Waals surface area contributed by atoms with Crippen molar-refractivity contribution < 1.29 is 18.3 Å². The molecule has 16 heavy (non-hydrogen) atoms. The van der Waals surface area contributed by atoms with Crippen molar-refractivity contribution in [3.05, 3.63) is 35.4 Å². The molecule has 0 unspecified atom stereocenters. The molecule has 2 rings (SSSR count). The van der Waals surface area contributed by atoms with Crippen LogP contribution in [0.1, 0.15) is 24.0 Å². The van der Waals surface area contributed by atoms with Gasteiger partial charge in [0.25, 0.3) is 0 Å². The Bertz CT molecular complexity index is 396. The van der Waals surface area contributed by atoms with Crippen LogP contribution >= 0.6 is 0 Å². The molecule has 0 saturated heterocycles. The third-order valence-electron chi connectivity index (χ3n) is 2.96.